The molecule has 0 aromatic heterocycles. The molecule has 0 bridgehead atoms. The Hall–Kier alpha value is -2.44. The van der Waals surface area contributed by atoms with Crippen LogP contribution in [0.1, 0.15) is 5.56 Å². The predicted octanol–water partition coefficient (Wildman–Crippen LogP) is 0.106. The van der Waals surface area contributed by atoms with Crippen LogP contribution in [0.4, 0.5) is 0 Å². The number of ether oxygens (including phenoxy) is 2. The number of nitrogens with two attached hydrogens (primary N) is 2. The summed E-state index contributed by atoms with van der Waals surface area (Å²) >= 11 is 0. The quantitative estimate of drug-likeness (QED) is 0.582. The van der Waals surface area contributed by atoms with Crippen LogP contribution < -0.4 is 20.9 Å². The fourth-order valence-corrected chi connectivity index (χ4v) is 1.70. The van der Waals surface area contributed by atoms with Crippen molar-refractivity contribution < 1.29 is 9.47 Å². The van der Waals surface area contributed by atoms with Crippen molar-refractivity contribution in [3.63, 3.8) is 0 Å². The van der Waals surface area contributed by atoms with E-state index < -0.39 is 0 Å². The second-order valence-electron chi connectivity index (χ2n) is 4.06. The SMILES string of the molecule is CN=C(N)/N=C(\N)N(C)Cc1cccc2c1OCO2. The molecule has 4 N–H and O–H groups in total. The maximum atomic E-state index is 5.83. The molecular formula is C12H17N5O2. The van der Waals surface area contributed by atoms with Crippen molar-refractivity contribution in [2.45, 2.75) is 6.54 Å². The van der Waals surface area contributed by atoms with Gasteiger partial charge in [-0.15, -0.1) is 0 Å². The van der Waals surface area contributed by atoms with Gasteiger partial charge in [-0.05, 0) is 6.07 Å². The number of benzene rings is 1. The topological polar surface area (TPSA) is 98.5 Å². The molecule has 7 heteroatoms. The van der Waals surface area contributed by atoms with Crippen LogP contribution in [0.15, 0.2) is 28.2 Å². The van der Waals surface area contributed by atoms with Crippen LogP contribution in [0.5, 0.6) is 11.5 Å². The lowest BCUT2D eigenvalue weighted by Crippen LogP contribution is -2.35. The van der Waals surface area contributed by atoms with Crippen molar-refractivity contribution in [1.82, 2.24) is 4.90 Å². The van der Waals surface area contributed by atoms with E-state index in [0.29, 0.717) is 12.5 Å². The molecule has 7 nitrogen and oxygen atoms in total. The molecule has 0 saturated heterocycles. The number of fused-ring (bicyclic) bond motifs is 1. The van der Waals surface area contributed by atoms with Crippen LogP contribution in [-0.2, 0) is 6.54 Å². The minimum absolute atomic E-state index is 0.141. The van der Waals surface area contributed by atoms with Gasteiger partial charge in [-0.3, -0.25) is 4.99 Å². The highest BCUT2D eigenvalue weighted by Gasteiger charge is 2.18. The Labute approximate surface area is 111 Å². The maximum absolute atomic E-state index is 5.83. The summed E-state index contributed by atoms with van der Waals surface area (Å²) in [5.41, 5.74) is 12.3. The summed E-state index contributed by atoms with van der Waals surface area (Å²) in [5.74, 6) is 1.93. The Morgan fingerprint density at radius 3 is 2.89 bits per heavy atom. The lowest BCUT2D eigenvalue weighted by Gasteiger charge is -2.18. The number of hydrogen-bond donors (Lipinski definition) is 2. The monoisotopic (exact) mass is 263 g/mol. The standard InChI is InChI=1S/C12H17N5O2/c1-15-11(13)16-12(14)17(2)6-8-4-3-5-9-10(8)19-7-18-9/h3-5H,6-7H2,1-2H3,(H4,13,14,15,16). The van der Waals surface area contributed by atoms with E-state index in [1.165, 1.54) is 0 Å². The third-order valence-corrected chi connectivity index (χ3v) is 2.73. The minimum Gasteiger partial charge on any atom is -0.454 e. The van der Waals surface area contributed by atoms with Gasteiger partial charge < -0.3 is 25.8 Å². The first-order valence-electron chi connectivity index (χ1n) is 5.77. The van der Waals surface area contributed by atoms with Gasteiger partial charge in [0.15, 0.2) is 17.5 Å². The average Bonchev–Trinajstić information content (AvgIpc) is 2.87. The van der Waals surface area contributed by atoms with E-state index in [-0.39, 0.29) is 12.8 Å². The van der Waals surface area contributed by atoms with Gasteiger partial charge in [0.05, 0.1) is 0 Å². The zero-order chi connectivity index (χ0) is 13.8. The molecule has 19 heavy (non-hydrogen) atoms. The van der Waals surface area contributed by atoms with Crippen molar-refractivity contribution in [3.05, 3.63) is 23.8 Å². The fourth-order valence-electron chi connectivity index (χ4n) is 1.70. The third kappa shape index (κ3) is 2.87. The Morgan fingerprint density at radius 1 is 1.37 bits per heavy atom. The van der Waals surface area contributed by atoms with Crippen molar-refractivity contribution in [2.24, 2.45) is 21.5 Å². The molecule has 0 atom stereocenters. The smallest absolute Gasteiger partial charge is 0.231 e. The first kappa shape index (κ1) is 13.0. The van der Waals surface area contributed by atoms with Crippen LogP contribution in [0.3, 0.4) is 0 Å². The van der Waals surface area contributed by atoms with Crippen LogP contribution in [0.25, 0.3) is 0 Å². The zero-order valence-corrected chi connectivity index (χ0v) is 11.0. The zero-order valence-electron chi connectivity index (χ0n) is 11.0. The van der Waals surface area contributed by atoms with Crippen molar-refractivity contribution in [1.29, 1.82) is 0 Å². The molecule has 1 aromatic carbocycles. The second kappa shape index (κ2) is 5.47. The number of para-hydroxylation sites is 1. The van der Waals surface area contributed by atoms with E-state index in [9.17, 15) is 0 Å². The lowest BCUT2D eigenvalue weighted by atomic mass is 10.2. The van der Waals surface area contributed by atoms with Crippen LogP contribution in [0.2, 0.25) is 0 Å². The van der Waals surface area contributed by atoms with Crippen LogP contribution in [0, 0.1) is 0 Å². The molecule has 0 spiro atoms. The Kier molecular flexibility index (Phi) is 3.74. The summed E-state index contributed by atoms with van der Waals surface area (Å²) in [6.45, 7) is 0.786. The van der Waals surface area contributed by atoms with E-state index in [4.69, 9.17) is 20.9 Å². The third-order valence-electron chi connectivity index (χ3n) is 2.73. The van der Waals surface area contributed by atoms with Crippen molar-refractivity contribution in [3.8, 4) is 11.5 Å². The molecule has 0 aliphatic carbocycles. The summed E-state index contributed by atoms with van der Waals surface area (Å²) in [7, 11) is 3.37. The van der Waals surface area contributed by atoms with Crippen LogP contribution in [-0.4, -0.2) is 37.7 Å². The number of aliphatic imine (C=N–C) groups is 2. The highest BCUT2D eigenvalue weighted by atomic mass is 16.7. The number of hydrogen-bond acceptors (Lipinski definition) is 3. The largest absolute Gasteiger partial charge is 0.454 e. The molecular weight excluding hydrogens is 246 g/mol. The molecule has 2 rings (SSSR count). The van der Waals surface area contributed by atoms with E-state index in [1.54, 1.807) is 11.9 Å². The first-order valence-corrected chi connectivity index (χ1v) is 5.77. The molecule has 0 fully saturated rings. The van der Waals surface area contributed by atoms with Crippen LogP contribution >= 0.6 is 0 Å². The summed E-state index contributed by atoms with van der Waals surface area (Å²) in [6.07, 6.45) is 0. The first-order chi connectivity index (χ1) is 9.11. The van der Waals surface area contributed by atoms with E-state index >= 15 is 0 Å². The molecule has 0 unspecified atom stereocenters. The molecule has 0 amide bonds. The van der Waals surface area contributed by atoms with E-state index in [0.717, 1.165) is 17.1 Å². The normalized spacial score (nSPS) is 14.6. The number of nitrogens with zero attached hydrogens (tertiary/aromatic N) is 3. The van der Waals surface area contributed by atoms with Gasteiger partial charge in [-0.25, -0.2) is 0 Å². The molecule has 0 radical (unpaired) electrons. The Balaban J connectivity index is 2.14. The molecule has 1 aliphatic heterocycles. The molecule has 1 aliphatic rings. The van der Waals surface area contributed by atoms with Gasteiger partial charge in [0, 0.05) is 26.2 Å². The van der Waals surface area contributed by atoms with Gasteiger partial charge in [0.1, 0.15) is 0 Å². The summed E-state index contributed by atoms with van der Waals surface area (Å²) in [6, 6.07) is 5.73. The van der Waals surface area contributed by atoms with Crippen molar-refractivity contribution in [2.75, 3.05) is 20.9 Å². The van der Waals surface area contributed by atoms with E-state index in [2.05, 4.69) is 9.98 Å². The average molecular weight is 263 g/mol. The number of rotatable bonds is 2. The van der Waals surface area contributed by atoms with Gasteiger partial charge >= 0.3 is 0 Å². The second-order valence-corrected chi connectivity index (χ2v) is 4.06. The lowest BCUT2D eigenvalue weighted by molar-refractivity contribution is 0.173. The van der Waals surface area contributed by atoms with Crippen molar-refractivity contribution >= 4 is 11.9 Å². The number of guanidine groups is 2. The minimum atomic E-state index is 0.141. The molecule has 0 saturated carbocycles. The highest BCUT2D eigenvalue weighted by Crippen LogP contribution is 2.35. The highest BCUT2D eigenvalue weighted by molar-refractivity contribution is 5.93. The summed E-state index contributed by atoms with van der Waals surface area (Å²) in [4.78, 5) is 9.45. The van der Waals surface area contributed by atoms with Gasteiger partial charge in [-0.1, -0.05) is 12.1 Å². The maximum Gasteiger partial charge on any atom is 0.231 e. The van der Waals surface area contributed by atoms with E-state index in [1.807, 2.05) is 25.2 Å². The molecule has 1 aromatic rings. The summed E-state index contributed by atoms with van der Waals surface area (Å²) in [5, 5.41) is 0. The fraction of sp³-hybridized carbons (Fsp3) is 0.333. The predicted molar refractivity (Wildman–Crippen MR) is 73.2 cm³/mol. The Morgan fingerprint density at radius 2 is 2.16 bits per heavy atom. The van der Waals surface area contributed by atoms with Gasteiger partial charge in [0.25, 0.3) is 0 Å². The Bertz CT molecular complexity index is 527. The molecule has 102 valence electrons. The summed E-state index contributed by atoms with van der Waals surface area (Å²) < 4.78 is 10.8. The van der Waals surface area contributed by atoms with Gasteiger partial charge in [0.2, 0.25) is 12.8 Å². The van der Waals surface area contributed by atoms with Gasteiger partial charge in [-0.2, -0.15) is 4.99 Å². The molecule has 1 heterocycles.